The van der Waals surface area contributed by atoms with E-state index < -0.39 is 0 Å². The Hall–Kier alpha value is -1.45. The van der Waals surface area contributed by atoms with Gasteiger partial charge in [-0.2, -0.15) is 0 Å². The largest absolute Gasteiger partial charge is 0.379 e. The molecule has 1 aliphatic carbocycles. The number of ether oxygens (including phenoxy) is 1. The molecule has 3 nitrogen and oxygen atoms in total. The van der Waals surface area contributed by atoms with Crippen molar-refractivity contribution in [2.24, 2.45) is 4.99 Å². The maximum atomic E-state index is 5.47. The predicted octanol–water partition coefficient (Wildman–Crippen LogP) is 3.20. The molecule has 1 aromatic carbocycles. The van der Waals surface area contributed by atoms with E-state index in [4.69, 9.17) is 4.74 Å². The van der Waals surface area contributed by atoms with Crippen molar-refractivity contribution >= 4 is 11.8 Å². The molecule has 0 spiro atoms. The van der Waals surface area contributed by atoms with Crippen molar-refractivity contribution in [1.82, 2.24) is 4.90 Å². The second-order valence-corrected chi connectivity index (χ2v) is 6.64. The molecule has 0 amide bonds. The van der Waals surface area contributed by atoms with Gasteiger partial charge in [0.1, 0.15) is 0 Å². The highest BCUT2D eigenvalue weighted by atomic mass is 16.5. The molecule has 2 heterocycles. The number of hydrogen-bond donors (Lipinski definition) is 0. The number of aliphatic imine (C=N–C) groups is 1. The summed E-state index contributed by atoms with van der Waals surface area (Å²) in [5.41, 5.74) is 7.07. The minimum Gasteiger partial charge on any atom is -0.379 e. The van der Waals surface area contributed by atoms with E-state index in [2.05, 4.69) is 35.0 Å². The number of fused-ring (bicyclic) bond motifs is 1. The first-order chi connectivity index (χ1) is 10.8. The number of allylic oxidation sites excluding steroid dienone is 1. The Morgan fingerprint density at radius 3 is 2.86 bits per heavy atom. The Morgan fingerprint density at radius 1 is 1.23 bits per heavy atom. The first-order valence-corrected chi connectivity index (χ1v) is 8.46. The van der Waals surface area contributed by atoms with Crippen molar-refractivity contribution in [2.45, 2.75) is 38.8 Å². The van der Waals surface area contributed by atoms with Gasteiger partial charge in [0.15, 0.2) is 0 Å². The molecule has 116 valence electrons. The molecular formula is C19H24N2O. The third-order valence-corrected chi connectivity index (χ3v) is 5.27. The lowest BCUT2D eigenvalue weighted by Crippen LogP contribution is -2.43. The van der Waals surface area contributed by atoms with Crippen LogP contribution in [0.2, 0.25) is 0 Å². The summed E-state index contributed by atoms with van der Waals surface area (Å²) >= 11 is 0. The number of benzene rings is 1. The number of aryl methyl sites for hydroxylation is 1. The fourth-order valence-electron chi connectivity index (χ4n) is 3.96. The van der Waals surface area contributed by atoms with Crippen LogP contribution in [0.1, 0.15) is 41.5 Å². The molecule has 1 aromatic rings. The van der Waals surface area contributed by atoms with E-state index in [9.17, 15) is 0 Å². The molecule has 3 aliphatic rings. The van der Waals surface area contributed by atoms with E-state index in [1.807, 2.05) is 6.21 Å². The average molecular weight is 296 g/mol. The molecule has 4 rings (SSSR count). The second kappa shape index (κ2) is 5.98. The van der Waals surface area contributed by atoms with Gasteiger partial charge in [-0.15, -0.1) is 0 Å². The summed E-state index contributed by atoms with van der Waals surface area (Å²) < 4.78 is 5.47. The first kappa shape index (κ1) is 14.2. The van der Waals surface area contributed by atoms with Gasteiger partial charge in [0.05, 0.1) is 19.8 Å². The van der Waals surface area contributed by atoms with Crippen molar-refractivity contribution in [2.75, 3.05) is 26.3 Å². The van der Waals surface area contributed by atoms with Crippen LogP contribution in [-0.2, 0) is 11.3 Å². The topological polar surface area (TPSA) is 24.8 Å². The molecule has 0 aromatic heterocycles. The maximum Gasteiger partial charge on any atom is 0.0646 e. The van der Waals surface area contributed by atoms with E-state index in [-0.39, 0.29) is 0 Å². The summed E-state index contributed by atoms with van der Waals surface area (Å²) in [7, 11) is 0. The average Bonchev–Trinajstić information content (AvgIpc) is 3.02. The Kier molecular flexibility index (Phi) is 3.85. The van der Waals surface area contributed by atoms with Crippen LogP contribution in [0, 0.1) is 6.92 Å². The van der Waals surface area contributed by atoms with Crippen LogP contribution in [0.4, 0.5) is 0 Å². The lowest BCUT2D eigenvalue weighted by Gasteiger charge is -2.36. The third kappa shape index (κ3) is 2.64. The zero-order valence-electron chi connectivity index (χ0n) is 13.3. The summed E-state index contributed by atoms with van der Waals surface area (Å²) in [6.07, 6.45) is 8.15. The lowest BCUT2D eigenvalue weighted by molar-refractivity contribution is 0.0150. The summed E-state index contributed by atoms with van der Waals surface area (Å²) in [6, 6.07) is 5.39. The van der Waals surface area contributed by atoms with E-state index in [0.29, 0.717) is 6.04 Å². The molecule has 22 heavy (non-hydrogen) atoms. The Morgan fingerprint density at radius 2 is 2.09 bits per heavy atom. The Labute approximate surface area is 132 Å². The molecular weight excluding hydrogens is 272 g/mol. The van der Waals surface area contributed by atoms with Crippen LogP contribution in [0.15, 0.2) is 23.2 Å². The summed E-state index contributed by atoms with van der Waals surface area (Å²) in [5.74, 6) is 0. The van der Waals surface area contributed by atoms with E-state index in [1.165, 1.54) is 47.1 Å². The van der Waals surface area contributed by atoms with Crippen LogP contribution in [-0.4, -0.2) is 43.5 Å². The summed E-state index contributed by atoms with van der Waals surface area (Å²) in [5, 5.41) is 0. The first-order valence-electron chi connectivity index (χ1n) is 8.46. The molecule has 1 saturated heterocycles. The number of hydrogen-bond acceptors (Lipinski definition) is 3. The fraction of sp³-hybridized carbons (Fsp3) is 0.526. The second-order valence-electron chi connectivity index (χ2n) is 6.64. The van der Waals surface area contributed by atoms with Gasteiger partial charge in [-0.25, -0.2) is 0 Å². The van der Waals surface area contributed by atoms with Crippen LogP contribution in [0.3, 0.4) is 0 Å². The standard InChI is InChI=1S/C19H24N2O/c1-14-10-16-12-20-13-17(16)11-19(14)15-2-4-18(5-3-15)21-6-8-22-9-7-21/h2,10-12,18H,3-9,13H2,1H3. The minimum absolute atomic E-state index is 0.714. The normalized spacial score (nSPS) is 25.1. The monoisotopic (exact) mass is 296 g/mol. The SMILES string of the molecule is Cc1cc2c(cc1C1=CCC(N3CCOCC3)CC1)CN=C2. The summed E-state index contributed by atoms with van der Waals surface area (Å²) in [4.78, 5) is 7.00. The molecule has 0 N–H and O–H groups in total. The highest BCUT2D eigenvalue weighted by Crippen LogP contribution is 2.33. The van der Waals surface area contributed by atoms with Crippen molar-refractivity contribution in [1.29, 1.82) is 0 Å². The van der Waals surface area contributed by atoms with Gasteiger partial charge in [-0.1, -0.05) is 6.08 Å². The van der Waals surface area contributed by atoms with Crippen molar-refractivity contribution in [3.63, 3.8) is 0 Å². The van der Waals surface area contributed by atoms with Crippen molar-refractivity contribution in [3.05, 3.63) is 40.5 Å². The van der Waals surface area contributed by atoms with Gasteiger partial charge in [0.2, 0.25) is 0 Å². The van der Waals surface area contributed by atoms with E-state index in [1.54, 1.807) is 0 Å². The predicted molar refractivity (Wildman–Crippen MR) is 90.5 cm³/mol. The molecule has 0 saturated carbocycles. The fourth-order valence-corrected chi connectivity index (χ4v) is 3.96. The number of morpholine rings is 1. The van der Waals surface area contributed by atoms with Crippen LogP contribution in [0.5, 0.6) is 0 Å². The molecule has 1 atom stereocenters. The Balaban J connectivity index is 1.51. The molecule has 3 heteroatoms. The molecule has 1 unspecified atom stereocenters. The van der Waals surface area contributed by atoms with Crippen LogP contribution < -0.4 is 0 Å². The quantitative estimate of drug-likeness (QED) is 0.837. The zero-order valence-corrected chi connectivity index (χ0v) is 13.3. The van der Waals surface area contributed by atoms with E-state index in [0.717, 1.165) is 32.8 Å². The maximum absolute atomic E-state index is 5.47. The van der Waals surface area contributed by atoms with Gasteiger partial charge in [-0.3, -0.25) is 9.89 Å². The zero-order chi connectivity index (χ0) is 14.9. The van der Waals surface area contributed by atoms with Gasteiger partial charge in [-0.05, 0) is 66.1 Å². The van der Waals surface area contributed by atoms with Crippen molar-refractivity contribution < 1.29 is 4.74 Å². The molecule has 0 radical (unpaired) electrons. The highest BCUT2D eigenvalue weighted by Gasteiger charge is 2.24. The highest BCUT2D eigenvalue weighted by molar-refractivity contribution is 5.86. The van der Waals surface area contributed by atoms with Gasteiger partial charge < -0.3 is 4.74 Å². The van der Waals surface area contributed by atoms with Crippen LogP contribution in [0.25, 0.3) is 5.57 Å². The number of rotatable bonds is 2. The van der Waals surface area contributed by atoms with Gasteiger partial charge >= 0.3 is 0 Å². The number of nitrogens with zero attached hydrogens (tertiary/aromatic N) is 2. The van der Waals surface area contributed by atoms with E-state index >= 15 is 0 Å². The lowest BCUT2D eigenvalue weighted by atomic mass is 9.86. The smallest absolute Gasteiger partial charge is 0.0646 e. The van der Waals surface area contributed by atoms with Crippen LogP contribution >= 0.6 is 0 Å². The van der Waals surface area contributed by atoms with Crippen molar-refractivity contribution in [3.8, 4) is 0 Å². The molecule has 0 bridgehead atoms. The third-order valence-electron chi connectivity index (χ3n) is 5.27. The summed E-state index contributed by atoms with van der Waals surface area (Å²) in [6.45, 7) is 7.09. The molecule has 2 aliphatic heterocycles. The van der Waals surface area contributed by atoms with Gasteiger partial charge in [0.25, 0.3) is 0 Å². The minimum atomic E-state index is 0.714. The Bertz CT molecular complexity index is 627. The van der Waals surface area contributed by atoms with Gasteiger partial charge in [0, 0.05) is 25.3 Å². The molecule has 1 fully saturated rings.